The van der Waals surface area contributed by atoms with Gasteiger partial charge in [-0.3, -0.25) is 4.98 Å². The molecule has 0 spiro atoms. The lowest BCUT2D eigenvalue weighted by Crippen LogP contribution is -2.23. The zero-order valence-electron chi connectivity index (χ0n) is 11.9. The summed E-state index contributed by atoms with van der Waals surface area (Å²) in [7, 11) is -3.62. The van der Waals surface area contributed by atoms with Gasteiger partial charge in [-0.1, -0.05) is 23.3 Å². The van der Waals surface area contributed by atoms with Crippen LogP contribution in [0, 0.1) is 0 Å². The van der Waals surface area contributed by atoms with Gasteiger partial charge in [-0.05, 0) is 24.3 Å². The normalized spacial score (nSPS) is 11.3. The maximum absolute atomic E-state index is 12.1. The molecule has 0 amide bonds. The number of hydrogen-bond donors (Lipinski definition) is 2. The fourth-order valence-electron chi connectivity index (χ4n) is 1.78. The highest BCUT2D eigenvalue weighted by Crippen LogP contribution is 2.14. The molecule has 0 aliphatic heterocycles. The summed E-state index contributed by atoms with van der Waals surface area (Å²) in [4.78, 5) is 4.12. The number of anilines is 2. The minimum atomic E-state index is -3.62. The van der Waals surface area contributed by atoms with Gasteiger partial charge in [-0.2, -0.15) is 0 Å². The highest BCUT2D eigenvalue weighted by molar-refractivity contribution is 7.89. The lowest BCUT2D eigenvalue weighted by molar-refractivity contribution is 0.496. The lowest BCUT2D eigenvalue weighted by Gasteiger charge is -2.03. The Bertz CT molecular complexity index is 866. The number of pyridine rings is 1. The minimum Gasteiger partial charge on any atom is -0.406 e. The first-order valence-electron chi connectivity index (χ1n) is 6.68. The zero-order valence-corrected chi connectivity index (χ0v) is 12.7. The number of sulfonamides is 1. The second-order valence-corrected chi connectivity index (χ2v) is 6.27. The van der Waals surface area contributed by atoms with Gasteiger partial charge < -0.3 is 9.73 Å². The van der Waals surface area contributed by atoms with Crippen LogP contribution < -0.4 is 10.0 Å². The number of aromatic nitrogens is 3. The summed E-state index contributed by atoms with van der Waals surface area (Å²) in [5.74, 6) is 0.149. The fraction of sp³-hybridized carbons (Fsp3) is 0.0714. The highest BCUT2D eigenvalue weighted by atomic mass is 32.2. The van der Waals surface area contributed by atoms with Gasteiger partial charge in [-0.25, -0.2) is 13.1 Å². The van der Waals surface area contributed by atoms with Crippen LogP contribution in [0.3, 0.4) is 0 Å². The molecule has 0 atom stereocenters. The van der Waals surface area contributed by atoms with Gasteiger partial charge in [0.1, 0.15) is 0 Å². The quantitative estimate of drug-likeness (QED) is 0.707. The molecule has 0 unspecified atom stereocenters. The monoisotopic (exact) mass is 331 g/mol. The van der Waals surface area contributed by atoms with E-state index in [1.807, 2.05) is 0 Å². The molecule has 9 heteroatoms. The summed E-state index contributed by atoms with van der Waals surface area (Å²) < 4.78 is 31.9. The van der Waals surface area contributed by atoms with E-state index in [1.165, 1.54) is 12.1 Å². The Labute approximate surface area is 132 Å². The molecule has 0 aliphatic rings. The summed E-state index contributed by atoms with van der Waals surface area (Å²) in [5.41, 5.74) is 0.688. The third-order valence-electron chi connectivity index (χ3n) is 2.85. The topological polar surface area (TPSA) is 110 Å². The number of nitrogens with zero attached hydrogens (tertiary/aromatic N) is 3. The molecular weight excluding hydrogens is 318 g/mol. The van der Waals surface area contributed by atoms with Crippen LogP contribution in [0.5, 0.6) is 0 Å². The maximum Gasteiger partial charge on any atom is 0.320 e. The van der Waals surface area contributed by atoms with Gasteiger partial charge in [0.25, 0.3) is 0 Å². The molecule has 0 fully saturated rings. The average molecular weight is 331 g/mol. The standard InChI is InChI=1S/C14H13N5O3S/c20-23(21,12-6-2-1-3-7-12)16-10-13-18-19-14(22-13)17-11-5-4-8-15-9-11/h1-9,16H,10H2,(H,17,19). The van der Waals surface area contributed by atoms with Crippen LogP contribution in [-0.2, 0) is 16.6 Å². The molecule has 8 nitrogen and oxygen atoms in total. The zero-order chi connectivity index (χ0) is 16.1. The van der Waals surface area contributed by atoms with Gasteiger partial charge in [0, 0.05) is 6.20 Å². The van der Waals surface area contributed by atoms with Crippen LogP contribution in [-0.4, -0.2) is 23.6 Å². The fourth-order valence-corrected chi connectivity index (χ4v) is 2.77. The molecule has 2 N–H and O–H groups in total. The predicted octanol–water partition coefficient (Wildman–Crippen LogP) is 1.69. The first kappa shape index (κ1) is 15.1. The van der Waals surface area contributed by atoms with E-state index in [4.69, 9.17) is 4.42 Å². The predicted molar refractivity (Wildman–Crippen MR) is 82.3 cm³/mol. The van der Waals surface area contributed by atoms with Crippen LogP contribution >= 0.6 is 0 Å². The summed E-state index contributed by atoms with van der Waals surface area (Å²) in [6.07, 6.45) is 3.24. The Hall–Kier alpha value is -2.78. The van der Waals surface area contributed by atoms with Crippen LogP contribution in [0.25, 0.3) is 0 Å². The van der Waals surface area contributed by atoms with E-state index in [2.05, 4.69) is 25.2 Å². The van der Waals surface area contributed by atoms with Crippen molar-refractivity contribution in [3.05, 3.63) is 60.7 Å². The first-order chi connectivity index (χ1) is 11.1. The van der Waals surface area contributed by atoms with E-state index < -0.39 is 10.0 Å². The van der Waals surface area contributed by atoms with Gasteiger partial charge in [0.2, 0.25) is 15.9 Å². The third-order valence-corrected chi connectivity index (χ3v) is 4.26. The van der Waals surface area contributed by atoms with Crippen molar-refractivity contribution in [3.63, 3.8) is 0 Å². The Balaban J connectivity index is 1.63. The molecule has 23 heavy (non-hydrogen) atoms. The molecule has 2 aromatic heterocycles. The number of hydrogen-bond acceptors (Lipinski definition) is 7. The van der Waals surface area contributed by atoms with Crippen molar-refractivity contribution in [3.8, 4) is 0 Å². The van der Waals surface area contributed by atoms with Crippen LogP contribution in [0.2, 0.25) is 0 Å². The molecule has 118 valence electrons. The summed E-state index contributed by atoms with van der Waals surface area (Å²) in [6.45, 7) is -0.0983. The van der Waals surface area contributed by atoms with Gasteiger partial charge >= 0.3 is 6.01 Å². The average Bonchev–Trinajstić information content (AvgIpc) is 3.02. The Morgan fingerprint density at radius 3 is 2.61 bits per heavy atom. The van der Waals surface area contributed by atoms with Gasteiger partial charge in [0.05, 0.1) is 23.3 Å². The molecule has 2 heterocycles. The molecule has 1 aromatic carbocycles. The van der Waals surface area contributed by atoms with Crippen molar-refractivity contribution in [1.29, 1.82) is 0 Å². The van der Waals surface area contributed by atoms with E-state index in [0.717, 1.165) is 0 Å². The van der Waals surface area contributed by atoms with E-state index in [-0.39, 0.29) is 23.3 Å². The van der Waals surface area contributed by atoms with Gasteiger partial charge in [0.15, 0.2) is 0 Å². The molecule has 0 radical (unpaired) electrons. The lowest BCUT2D eigenvalue weighted by atomic mass is 10.4. The summed E-state index contributed by atoms with van der Waals surface area (Å²) in [5, 5.41) is 10.5. The maximum atomic E-state index is 12.1. The van der Waals surface area contributed by atoms with Crippen LogP contribution in [0.1, 0.15) is 5.89 Å². The SMILES string of the molecule is O=S(=O)(NCc1nnc(Nc2cccnc2)o1)c1ccccc1. The second kappa shape index (κ2) is 6.55. The molecule has 3 aromatic rings. The molecule has 0 saturated heterocycles. The summed E-state index contributed by atoms with van der Waals surface area (Å²) in [6, 6.07) is 11.8. The third kappa shape index (κ3) is 3.90. The number of nitrogens with one attached hydrogen (secondary N) is 2. The Kier molecular flexibility index (Phi) is 4.31. The van der Waals surface area contributed by atoms with Crippen molar-refractivity contribution in [2.75, 3.05) is 5.32 Å². The van der Waals surface area contributed by atoms with Crippen molar-refractivity contribution in [2.45, 2.75) is 11.4 Å². The molecule has 0 saturated carbocycles. The number of rotatable bonds is 6. The van der Waals surface area contributed by atoms with Crippen molar-refractivity contribution < 1.29 is 12.8 Å². The minimum absolute atomic E-state index is 0.0983. The van der Waals surface area contributed by atoms with E-state index >= 15 is 0 Å². The van der Waals surface area contributed by atoms with E-state index in [0.29, 0.717) is 5.69 Å². The molecule has 3 rings (SSSR count). The Morgan fingerprint density at radius 1 is 1.04 bits per heavy atom. The highest BCUT2D eigenvalue weighted by Gasteiger charge is 2.15. The van der Waals surface area contributed by atoms with Crippen molar-refractivity contribution in [2.24, 2.45) is 0 Å². The molecule has 0 bridgehead atoms. The first-order valence-corrected chi connectivity index (χ1v) is 8.16. The summed E-state index contributed by atoms with van der Waals surface area (Å²) >= 11 is 0. The Morgan fingerprint density at radius 2 is 1.87 bits per heavy atom. The molecule has 0 aliphatic carbocycles. The largest absolute Gasteiger partial charge is 0.406 e. The van der Waals surface area contributed by atoms with Crippen LogP contribution in [0.4, 0.5) is 11.7 Å². The molecular formula is C14H13N5O3S. The van der Waals surface area contributed by atoms with Crippen LogP contribution in [0.15, 0.2) is 64.2 Å². The number of benzene rings is 1. The van der Waals surface area contributed by atoms with E-state index in [1.54, 1.807) is 42.7 Å². The van der Waals surface area contributed by atoms with Crippen molar-refractivity contribution >= 4 is 21.7 Å². The van der Waals surface area contributed by atoms with Crippen molar-refractivity contribution in [1.82, 2.24) is 19.9 Å². The smallest absolute Gasteiger partial charge is 0.320 e. The van der Waals surface area contributed by atoms with Gasteiger partial charge in [-0.15, -0.1) is 5.10 Å². The van der Waals surface area contributed by atoms with E-state index in [9.17, 15) is 8.42 Å². The second-order valence-electron chi connectivity index (χ2n) is 4.51.